The lowest BCUT2D eigenvalue weighted by Crippen LogP contribution is -2.24. The molecule has 0 aliphatic rings. The summed E-state index contributed by atoms with van der Waals surface area (Å²) in [7, 11) is 0. The van der Waals surface area contributed by atoms with Crippen molar-refractivity contribution in [3.63, 3.8) is 0 Å². The lowest BCUT2D eigenvalue weighted by molar-refractivity contribution is 0.0924. The number of para-hydroxylation sites is 1. The lowest BCUT2D eigenvalue weighted by atomic mass is 9.95. The number of hydrogen-bond donors (Lipinski definition) is 1. The van der Waals surface area contributed by atoms with Crippen molar-refractivity contribution in [3.05, 3.63) is 116 Å². The van der Waals surface area contributed by atoms with Gasteiger partial charge in [-0.15, -0.1) is 0 Å². The van der Waals surface area contributed by atoms with E-state index in [1.807, 2.05) is 55.1 Å². The van der Waals surface area contributed by atoms with Crippen LogP contribution in [0, 0.1) is 34.6 Å². The first-order valence-corrected chi connectivity index (χ1v) is 12.3. The number of benzene rings is 3. The Hall–Kier alpha value is -4.45. The smallest absolute Gasteiger partial charge is 0.287 e. The highest BCUT2D eigenvalue weighted by Gasteiger charge is 2.19. The van der Waals surface area contributed by atoms with Crippen LogP contribution in [0.25, 0.3) is 27.9 Å². The van der Waals surface area contributed by atoms with Crippen LogP contribution in [0.2, 0.25) is 0 Å². The van der Waals surface area contributed by atoms with Gasteiger partial charge in [0, 0.05) is 29.9 Å². The second-order valence-corrected chi connectivity index (χ2v) is 9.65. The second kappa shape index (κ2) is 9.54. The van der Waals surface area contributed by atoms with Crippen molar-refractivity contribution in [3.8, 4) is 16.9 Å². The van der Waals surface area contributed by atoms with Gasteiger partial charge in [-0.3, -0.25) is 9.59 Å². The molecular formula is C31H29N3O3. The zero-order valence-electron chi connectivity index (χ0n) is 21.7. The highest BCUT2D eigenvalue weighted by Crippen LogP contribution is 2.31. The van der Waals surface area contributed by atoms with E-state index in [9.17, 15) is 9.59 Å². The normalized spacial score (nSPS) is 11.2. The van der Waals surface area contributed by atoms with Crippen LogP contribution in [0.3, 0.4) is 0 Å². The maximum absolute atomic E-state index is 13.1. The molecule has 0 fully saturated rings. The summed E-state index contributed by atoms with van der Waals surface area (Å²) in [5.41, 5.74) is 9.24. The topological polar surface area (TPSA) is 77.1 Å². The molecule has 0 saturated heterocycles. The van der Waals surface area contributed by atoms with Gasteiger partial charge in [0.1, 0.15) is 5.58 Å². The first kappa shape index (κ1) is 24.3. The molecule has 2 heterocycles. The Morgan fingerprint density at radius 2 is 1.57 bits per heavy atom. The number of amides is 1. The summed E-state index contributed by atoms with van der Waals surface area (Å²) in [5.74, 6) is -0.464. The maximum Gasteiger partial charge on any atom is 0.287 e. The van der Waals surface area contributed by atoms with Crippen LogP contribution in [0.15, 0.2) is 76.1 Å². The van der Waals surface area contributed by atoms with Crippen LogP contribution in [0.5, 0.6) is 0 Å². The molecule has 2 aromatic heterocycles. The van der Waals surface area contributed by atoms with Crippen LogP contribution >= 0.6 is 0 Å². The molecule has 3 aromatic carbocycles. The van der Waals surface area contributed by atoms with E-state index in [-0.39, 0.29) is 17.7 Å². The number of aromatic nitrogens is 2. The van der Waals surface area contributed by atoms with Gasteiger partial charge in [-0.1, -0.05) is 35.9 Å². The van der Waals surface area contributed by atoms with Gasteiger partial charge in [-0.25, -0.2) is 4.68 Å². The number of fused-ring (bicyclic) bond motifs is 1. The summed E-state index contributed by atoms with van der Waals surface area (Å²) >= 11 is 0. The Labute approximate surface area is 215 Å². The SMILES string of the molecule is Cc1cc(C)c(-c2nn(-c3ccccc3)cc2CNC(=O)c2cc(=O)c3cc(C)c(C)cc3o2)c(C)c1. The average Bonchev–Trinajstić information content (AvgIpc) is 3.27. The van der Waals surface area contributed by atoms with Gasteiger partial charge >= 0.3 is 0 Å². The van der Waals surface area contributed by atoms with Crippen molar-refractivity contribution >= 4 is 16.9 Å². The summed E-state index contributed by atoms with van der Waals surface area (Å²) in [4.78, 5) is 25.8. The molecule has 0 spiro atoms. The molecule has 1 amide bonds. The number of nitrogens with one attached hydrogen (secondary N) is 1. The summed E-state index contributed by atoms with van der Waals surface area (Å²) in [6.07, 6.45) is 1.94. The van der Waals surface area contributed by atoms with Crippen molar-refractivity contribution in [2.75, 3.05) is 0 Å². The summed E-state index contributed by atoms with van der Waals surface area (Å²) in [6, 6.07) is 19.0. The van der Waals surface area contributed by atoms with Gasteiger partial charge in [0.05, 0.1) is 16.8 Å². The summed E-state index contributed by atoms with van der Waals surface area (Å²) < 4.78 is 7.67. The molecule has 37 heavy (non-hydrogen) atoms. The molecule has 6 heteroatoms. The summed E-state index contributed by atoms with van der Waals surface area (Å²) in [6.45, 7) is 10.3. The molecule has 0 radical (unpaired) electrons. The van der Waals surface area contributed by atoms with Gasteiger partial charge in [0.25, 0.3) is 5.91 Å². The van der Waals surface area contributed by atoms with Crippen LogP contribution < -0.4 is 10.7 Å². The predicted molar refractivity (Wildman–Crippen MR) is 146 cm³/mol. The fourth-order valence-corrected chi connectivity index (χ4v) is 4.80. The van der Waals surface area contributed by atoms with E-state index in [1.54, 1.807) is 12.1 Å². The Kier molecular flexibility index (Phi) is 6.25. The summed E-state index contributed by atoms with van der Waals surface area (Å²) in [5, 5.41) is 8.32. The van der Waals surface area contributed by atoms with Crippen LogP contribution in [-0.2, 0) is 6.54 Å². The third kappa shape index (κ3) is 4.70. The zero-order chi connectivity index (χ0) is 26.3. The number of nitrogens with zero attached hydrogens (tertiary/aromatic N) is 2. The number of rotatable bonds is 5. The van der Waals surface area contributed by atoms with Gasteiger partial charge in [-0.2, -0.15) is 5.10 Å². The monoisotopic (exact) mass is 491 g/mol. The van der Waals surface area contributed by atoms with E-state index in [0.717, 1.165) is 44.8 Å². The Morgan fingerprint density at radius 1 is 0.892 bits per heavy atom. The molecule has 1 N–H and O–H groups in total. The Balaban J connectivity index is 1.51. The van der Waals surface area contributed by atoms with Gasteiger partial charge < -0.3 is 9.73 Å². The fraction of sp³-hybridized carbons (Fsp3) is 0.194. The van der Waals surface area contributed by atoms with Gasteiger partial charge in [-0.05, 0) is 81.1 Å². The zero-order valence-corrected chi connectivity index (χ0v) is 21.7. The molecular weight excluding hydrogens is 462 g/mol. The number of carbonyl (C=O) groups is 1. The largest absolute Gasteiger partial charge is 0.451 e. The minimum Gasteiger partial charge on any atom is -0.451 e. The molecule has 0 aliphatic carbocycles. The third-order valence-corrected chi connectivity index (χ3v) is 6.73. The second-order valence-electron chi connectivity index (χ2n) is 9.65. The molecule has 5 aromatic rings. The quantitative estimate of drug-likeness (QED) is 0.321. The number of aryl methyl sites for hydroxylation is 5. The molecule has 0 bridgehead atoms. The van der Waals surface area contributed by atoms with E-state index in [1.165, 1.54) is 11.6 Å². The molecule has 186 valence electrons. The van der Waals surface area contributed by atoms with Crippen molar-refractivity contribution in [2.45, 2.75) is 41.2 Å². The van der Waals surface area contributed by atoms with E-state index < -0.39 is 5.91 Å². The van der Waals surface area contributed by atoms with E-state index in [0.29, 0.717) is 11.0 Å². The average molecular weight is 492 g/mol. The van der Waals surface area contributed by atoms with Crippen molar-refractivity contribution < 1.29 is 9.21 Å². The van der Waals surface area contributed by atoms with Crippen molar-refractivity contribution in [1.29, 1.82) is 0 Å². The van der Waals surface area contributed by atoms with E-state index in [4.69, 9.17) is 9.52 Å². The highest BCUT2D eigenvalue weighted by atomic mass is 16.3. The molecule has 0 unspecified atom stereocenters. The van der Waals surface area contributed by atoms with Crippen molar-refractivity contribution in [1.82, 2.24) is 15.1 Å². The molecule has 6 nitrogen and oxygen atoms in total. The number of carbonyl (C=O) groups excluding carboxylic acids is 1. The highest BCUT2D eigenvalue weighted by molar-refractivity contribution is 5.93. The maximum atomic E-state index is 13.1. The van der Waals surface area contributed by atoms with Crippen LogP contribution in [0.4, 0.5) is 0 Å². The van der Waals surface area contributed by atoms with Gasteiger partial charge in [0.2, 0.25) is 0 Å². The van der Waals surface area contributed by atoms with Crippen molar-refractivity contribution in [2.24, 2.45) is 0 Å². The Bertz CT molecular complexity index is 1690. The first-order chi connectivity index (χ1) is 17.7. The van der Waals surface area contributed by atoms with Crippen LogP contribution in [-0.4, -0.2) is 15.7 Å². The van der Waals surface area contributed by atoms with Gasteiger partial charge in [0.15, 0.2) is 11.2 Å². The predicted octanol–water partition coefficient (Wildman–Crippen LogP) is 6.12. The molecule has 0 atom stereocenters. The molecule has 5 rings (SSSR count). The van der Waals surface area contributed by atoms with E-state index >= 15 is 0 Å². The lowest BCUT2D eigenvalue weighted by Gasteiger charge is -2.12. The minimum absolute atomic E-state index is 0.0135. The van der Waals surface area contributed by atoms with E-state index in [2.05, 4.69) is 38.2 Å². The number of hydrogen-bond acceptors (Lipinski definition) is 4. The van der Waals surface area contributed by atoms with Crippen LogP contribution in [0.1, 0.15) is 43.9 Å². The minimum atomic E-state index is -0.451. The first-order valence-electron chi connectivity index (χ1n) is 12.3. The Morgan fingerprint density at radius 3 is 2.27 bits per heavy atom. The molecule has 0 saturated carbocycles. The standard InChI is InChI=1S/C31H29N3O3/c1-18-11-21(4)29(22(5)12-18)30-23(17-34(33-30)24-9-7-6-8-10-24)16-32-31(36)28-15-26(35)25-13-19(2)20(3)14-27(25)37-28/h6-15,17H,16H2,1-5H3,(H,32,36). The fourth-order valence-electron chi connectivity index (χ4n) is 4.80. The third-order valence-electron chi connectivity index (χ3n) is 6.73. The molecule has 0 aliphatic heterocycles.